The van der Waals surface area contributed by atoms with E-state index in [-0.39, 0.29) is 11.9 Å². The molecular formula is C14H14BrClN4O. The molecule has 1 fully saturated rings. The lowest BCUT2D eigenvalue weighted by molar-refractivity contribution is -0.117. The van der Waals surface area contributed by atoms with Crippen LogP contribution in [0, 0.1) is 0 Å². The number of hydrogen-bond donors (Lipinski definition) is 3. The molecule has 2 heterocycles. The van der Waals surface area contributed by atoms with E-state index in [9.17, 15) is 4.79 Å². The van der Waals surface area contributed by atoms with E-state index in [0.29, 0.717) is 10.8 Å². The highest BCUT2D eigenvalue weighted by atomic mass is 79.9. The molecule has 3 rings (SSSR count). The van der Waals surface area contributed by atoms with Crippen molar-refractivity contribution in [2.45, 2.75) is 18.9 Å². The van der Waals surface area contributed by atoms with E-state index >= 15 is 0 Å². The number of carbonyl (C=O) groups excluding carboxylic acids is 1. The third-order valence-electron chi connectivity index (χ3n) is 3.42. The SMILES string of the molecule is O=C(Nc1cc(-c2cc(Br)ccc2Cl)[nH]n1)C1CCCN1. The Labute approximate surface area is 135 Å². The van der Waals surface area contributed by atoms with Crippen molar-refractivity contribution in [3.8, 4) is 11.3 Å². The third kappa shape index (κ3) is 3.28. The van der Waals surface area contributed by atoms with Gasteiger partial charge in [0.1, 0.15) is 0 Å². The molecule has 1 aliphatic rings. The van der Waals surface area contributed by atoms with Gasteiger partial charge in [-0.1, -0.05) is 27.5 Å². The summed E-state index contributed by atoms with van der Waals surface area (Å²) in [5.74, 6) is 0.450. The average Bonchev–Trinajstić information content (AvgIpc) is 3.12. The number of rotatable bonds is 3. The zero-order valence-electron chi connectivity index (χ0n) is 11.1. The fraction of sp³-hybridized carbons (Fsp3) is 0.286. The minimum Gasteiger partial charge on any atom is -0.308 e. The van der Waals surface area contributed by atoms with E-state index in [2.05, 4.69) is 36.8 Å². The number of aromatic amines is 1. The van der Waals surface area contributed by atoms with Crippen molar-refractivity contribution < 1.29 is 4.79 Å². The molecule has 1 aliphatic heterocycles. The summed E-state index contributed by atoms with van der Waals surface area (Å²) in [6, 6.07) is 7.24. The molecule has 3 N–H and O–H groups in total. The number of anilines is 1. The number of hydrogen-bond acceptors (Lipinski definition) is 3. The van der Waals surface area contributed by atoms with Gasteiger partial charge in [0.25, 0.3) is 0 Å². The smallest absolute Gasteiger partial charge is 0.242 e. The van der Waals surface area contributed by atoms with Crippen molar-refractivity contribution >= 4 is 39.3 Å². The van der Waals surface area contributed by atoms with Crippen LogP contribution < -0.4 is 10.6 Å². The quantitative estimate of drug-likeness (QED) is 0.778. The van der Waals surface area contributed by atoms with Crippen molar-refractivity contribution in [1.29, 1.82) is 0 Å². The van der Waals surface area contributed by atoms with Gasteiger partial charge < -0.3 is 10.6 Å². The van der Waals surface area contributed by atoms with Gasteiger partial charge in [-0.2, -0.15) is 5.10 Å². The van der Waals surface area contributed by atoms with Crippen LogP contribution >= 0.6 is 27.5 Å². The molecule has 0 aliphatic carbocycles. The first-order valence-electron chi connectivity index (χ1n) is 6.68. The van der Waals surface area contributed by atoms with E-state index in [0.717, 1.165) is 35.1 Å². The maximum atomic E-state index is 12.0. The van der Waals surface area contributed by atoms with Crippen LogP contribution in [0.15, 0.2) is 28.7 Å². The van der Waals surface area contributed by atoms with Crippen molar-refractivity contribution in [2.24, 2.45) is 0 Å². The summed E-state index contributed by atoms with van der Waals surface area (Å²) in [5.41, 5.74) is 1.59. The Hall–Kier alpha value is -1.37. The Morgan fingerprint density at radius 3 is 3.05 bits per heavy atom. The predicted octanol–water partition coefficient (Wildman–Crippen LogP) is 3.18. The molecular weight excluding hydrogens is 356 g/mol. The summed E-state index contributed by atoms with van der Waals surface area (Å²) in [5, 5.41) is 13.6. The predicted molar refractivity (Wildman–Crippen MR) is 86.4 cm³/mol. The van der Waals surface area contributed by atoms with Crippen LogP contribution in [0.4, 0.5) is 5.82 Å². The van der Waals surface area contributed by atoms with Gasteiger partial charge in [0, 0.05) is 16.1 Å². The van der Waals surface area contributed by atoms with Gasteiger partial charge in [-0.3, -0.25) is 9.89 Å². The number of H-pyrrole nitrogens is 1. The zero-order valence-corrected chi connectivity index (χ0v) is 13.5. The molecule has 0 radical (unpaired) electrons. The summed E-state index contributed by atoms with van der Waals surface area (Å²) in [6.45, 7) is 0.886. The van der Waals surface area contributed by atoms with Crippen LogP contribution in [0.1, 0.15) is 12.8 Å². The Bertz CT molecular complexity index is 667. The maximum absolute atomic E-state index is 12.0. The monoisotopic (exact) mass is 368 g/mol. The minimum atomic E-state index is -0.125. The third-order valence-corrected chi connectivity index (χ3v) is 4.25. The first-order valence-corrected chi connectivity index (χ1v) is 7.85. The number of benzene rings is 1. The lowest BCUT2D eigenvalue weighted by Crippen LogP contribution is -2.35. The highest BCUT2D eigenvalue weighted by Gasteiger charge is 2.22. The lowest BCUT2D eigenvalue weighted by atomic mass is 10.1. The molecule has 7 heteroatoms. The van der Waals surface area contributed by atoms with Crippen LogP contribution in [0.3, 0.4) is 0 Å². The Morgan fingerprint density at radius 2 is 2.29 bits per heavy atom. The van der Waals surface area contributed by atoms with Gasteiger partial charge in [-0.15, -0.1) is 0 Å². The minimum absolute atomic E-state index is 0.0501. The first-order chi connectivity index (χ1) is 10.1. The second-order valence-electron chi connectivity index (χ2n) is 4.93. The standard InChI is InChI=1S/C14H14BrClN4O/c15-8-3-4-10(16)9(6-8)12-7-13(20-19-12)18-14(21)11-2-1-5-17-11/h3-4,6-7,11,17H,1-2,5H2,(H2,18,19,20,21). The molecule has 21 heavy (non-hydrogen) atoms. The molecule has 0 saturated carbocycles. The van der Waals surface area contributed by atoms with E-state index in [1.165, 1.54) is 0 Å². The van der Waals surface area contributed by atoms with Gasteiger partial charge in [0.15, 0.2) is 5.82 Å². The van der Waals surface area contributed by atoms with Crippen LogP contribution in [0.2, 0.25) is 5.02 Å². The normalized spacial score (nSPS) is 17.9. The number of halogens is 2. The van der Waals surface area contributed by atoms with Gasteiger partial charge in [-0.05, 0) is 37.6 Å². The molecule has 0 bridgehead atoms. The molecule has 1 unspecified atom stereocenters. The van der Waals surface area contributed by atoms with Crippen LogP contribution in [0.5, 0.6) is 0 Å². The van der Waals surface area contributed by atoms with Crippen LogP contribution in [-0.2, 0) is 4.79 Å². The van der Waals surface area contributed by atoms with Crippen LogP contribution in [-0.4, -0.2) is 28.7 Å². The summed E-state index contributed by atoms with van der Waals surface area (Å²) in [7, 11) is 0. The summed E-state index contributed by atoms with van der Waals surface area (Å²) in [6.07, 6.45) is 1.89. The van der Waals surface area contributed by atoms with E-state index in [4.69, 9.17) is 11.6 Å². The number of nitrogens with one attached hydrogen (secondary N) is 3. The Kier molecular flexibility index (Phi) is 4.28. The second kappa shape index (κ2) is 6.17. The summed E-state index contributed by atoms with van der Waals surface area (Å²) in [4.78, 5) is 12.0. The van der Waals surface area contributed by atoms with Crippen molar-refractivity contribution in [3.05, 3.63) is 33.8 Å². The largest absolute Gasteiger partial charge is 0.308 e. The summed E-state index contributed by atoms with van der Waals surface area (Å²) >= 11 is 9.60. The van der Waals surface area contributed by atoms with Gasteiger partial charge in [0.05, 0.1) is 16.8 Å². The van der Waals surface area contributed by atoms with Gasteiger partial charge in [0.2, 0.25) is 5.91 Å². The maximum Gasteiger partial charge on any atom is 0.242 e. The van der Waals surface area contributed by atoms with Crippen molar-refractivity contribution in [3.63, 3.8) is 0 Å². The molecule has 1 aromatic carbocycles. The van der Waals surface area contributed by atoms with E-state index in [1.807, 2.05) is 18.2 Å². The van der Waals surface area contributed by atoms with Gasteiger partial charge in [-0.25, -0.2) is 0 Å². The molecule has 0 spiro atoms. The number of nitrogens with zero attached hydrogens (tertiary/aromatic N) is 1. The number of carbonyl (C=O) groups is 1. The topological polar surface area (TPSA) is 69.8 Å². The van der Waals surface area contributed by atoms with Gasteiger partial charge >= 0.3 is 0 Å². The second-order valence-corrected chi connectivity index (χ2v) is 6.25. The number of amides is 1. The zero-order chi connectivity index (χ0) is 14.8. The molecule has 2 aromatic rings. The average molecular weight is 370 g/mol. The van der Waals surface area contributed by atoms with Crippen LogP contribution in [0.25, 0.3) is 11.3 Å². The first kappa shape index (κ1) is 14.6. The fourth-order valence-corrected chi connectivity index (χ4v) is 2.93. The van der Waals surface area contributed by atoms with E-state index < -0.39 is 0 Å². The highest BCUT2D eigenvalue weighted by Crippen LogP contribution is 2.30. The molecule has 1 amide bonds. The molecule has 1 aromatic heterocycles. The van der Waals surface area contributed by atoms with Crippen molar-refractivity contribution in [2.75, 3.05) is 11.9 Å². The fourth-order valence-electron chi connectivity index (χ4n) is 2.35. The summed E-state index contributed by atoms with van der Waals surface area (Å²) < 4.78 is 0.928. The highest BCUT2D eigenvalue weighted by molar-refractivity contribution is 9.10. The molecule has 1 saturated heterocycles. The molecule has 1 atom stereocenters. The van der Waals surface area contributed by atoms with E-state index in [1.54, 1.807) is 6.07 Å². The Balaban J connectivity index is 1.77. The lowest BCUT2D eigenvalue weighted by Gasteiger charge is -2.08. The van der Waals surface area contributed by atoms with Crippen molar-refractivity contribution in [1.82, 2.24) is 15.5 Å². The molecule has 110 valence electrons. The molecule has 5 nitrogen and oxygen atoms in total. The number of aromatic nitrogens is 2. The Morgan fingerprint density at radius 1 is 1.43 bits per heavy atom.